The van der Waals surface area contributed by atoms with Crippen molar-refractivity contribution in [3.63, 3.8) is 0 Å². The van der Waals surface area contributed by atoms with Gasteiger partial charge in [-0.25, -0.2) is 9.55 Å². The molecule has 4 heterocycles. The Kier molecular flexibility index (Phi) is 5.68. The first-order valence-corrected chi connectivity index (χ1v) is 14.7. The van der Waals surface area contributed by atoms with Crippen molar-refractivity contribution in [3.8, 4) is 23.0 Å². The zero-order chi connectivity index (χ0) is 32.2. The van der Waals surface area contributed by atoms with Crippen molar-refractivity contribution in [1.29, 1.82) is 0 Å². The largest absolute Gasteiger partial charge is 1.00 e. The number of ether oxygens (including phenoxy) is 1. The Balaban J connectivity index is 0.00000351. The topological polar surface area (TPSA) is 35.9 Å². The Morgan fingerprint density at radius 1 is 0.818 bits per heavy atom. The summed E-state index contributed by atoms with van der Waals surface area (Å²) in [6, 6.07) is 30.9. The van der Waals surface area contributed by atoms with Gasteiger partial charge in [0.1, 0.15) is 23.0 Å². The number of para-hydroxylation sites is 2. The van der Waals surface area contributed by atoms with Crippen LogP contribution in [0.15, 0.2) is 104 Å². The molecule has 0 amide bonds. The Hall–Kier alpha value is -4.17. The van der Waals surface area contributed by atoms with E-state index in [1.165, 1.54) is 10.1 Å². The van der Waals surface area contributed by atoms with Crippen molar-refractivity contribution in [2.45, 2.75) is 45.4 Å². The van der Waals surface area contributed by atoms with Crippen molar-refractivity contribution in [2.24, 2.45) is 6.98 Å². The molecule has 8 rings (SSSR count). The third kappa shape index (κ3) is 4.18. The van der Waals surface area contributed by atoms with Crippen LogP contribution >= 0.6 is 0 Å². The molecule has 0 saturated heterocycles. The quantitative estimate of drug-likeness (QED) is 0.177. The highest BCUT2D eigenvalue weighted by Crippen LogP contribution is 2.45. The highest BCUT2D eigenvalue weighted by atomic mass is 127. The first kappa shape index (κ1) is 25.2. The summed E-state index contributed by atoms with van der Waals surface area (Å²) in [5, 5.41) is 2.28. The van der Waals surface area contributed by atoms with E-state index in [0.29, 0.717) is 17.0 Å². The number of imidazole rings is 1. The lowest BCUT2D eigenvalue weighted by Crippen LogP contribution is -3.00. The minimum Gasteiger partial charge on any atom is -1.00 e. The molecule has 0 bridgehead atoms. The fourth-order valence-corrected chi connectivity index (χ4v) is 6.75. The van der Waals surface area contributed by atoms with Crippen LogP contribution in [0.2, 0.25) is 0 Å². The van der Waals surface area contributed by atoms with Crippen molar-refractivity contribution in [1.82, 2.24) is 14.1 Å². The number of rotatable bonds is 3. The number of fused-ring (bicyclic) bond motifs is 5. The molecule has 0 N–H and O–H groups in total. The maximum atomic E-state index is 8.19. The van der Waals surface area contributed by atoms with Gasteiger partial charge in [-0.15, -0.1) is 0 Å². The molecule has 6 heteroatoms. The van der Waals surface area contributed by atoms with Crippen LogP contribution in [0, 0.1) is 0 Å². The molecule has 220 valence electrons. The number of pyridine rings is 1. The van der Waals surface area contributed by atoms with E-state index in [1.54, 1.807) is 6.33 Å². The van der Waals surface area contributed by atoms with Crippen LogP contribution in [-0.2, 0) is 17.8 Å². The zero-order valence-corrected chi connectivity index (χ0v) is 27.5. The Labute approximate surface area is 279 Å². The van der Waals surface area contributed by atoms with E-state index >= 15 is 0 Å². The summed E-state index contributed by atoms with van der Waals surface area (Å²) < 4.78 is 36.7. The molecule has 44 heavy (non-hydrogen) atoms. The lowest BCUT2D eigenvalue weighted by molar-refractivity contribution is -0.645. The summed E-state index contributed by atoms with van der Waals surface area (Å²) >= 11 is 0. The van der Waals surface area contributed by atoms with Crippen molar-refractivity contribution in [2.75, 3.05) is 0 Å². The molecule has 1 aliphatic rings. The van der Waals surface area contributed by atoms with Gasteiger partial charge in [-0.2, -0.15) is 4.57 Å². The van der Waals surface area contributed by atoms with Crippen LogP contribution < -0.4 is 33.3 Å². The minimum absolute atomic E-state index is 0. The van der Waals surface area contributed by atoms with E-state index in [9.17, 15) is 0 Å². The standard InChI is InChI=1S/C38H35N4O.HI/c1-37(2,3)24-18-19-39-35(20-24)42-31-12-8-7-10-27(31)28-16-14-25(21-33(28)42)43-26-15-17-29-34(22-26)41-23-40(6)32-13-9-11-30(36(32)41)38(29,4)5;/h7-23H,1-6H3;1H/q+1;/p-1/i6D3;. The lowest BCUT2D eigenvalue weighted by atomic mass is 9.75. The molecule has 0 atom stereocenters. The number of aromatic nitrogens is 4. The fraction of sp³-hybridized carbons (Fsp3) is 0.211. The van der Waals surface area contributed by atoms with Gasteiger partial charge in [0.05, 0.1) is 22.1 Å². The SMILES string of the molecule is [2H]C([2H])([2H])[n+]1cn2c3c(cccc31)C(C)(C)c1ccc(Oc3ccc4c5ccccc5n(-c5cc(C(C)(C)C)ccn5)c4c3)cc1-2.[I-]. The van der Waals surface area contributed by atoms with Gasteiger partial charge >= 0.3 is 0 Å². The fourth-order valence-electron chi connectivity index (χ4n) is 6.75. The molecule has 7 aromatic rings. The van der Waals surface area contributed by atoms with Gasteiger partial charge in [0.25, 0.3) is 0 Å². The average Bonchev–Trinajstić information content (AvgIpc) is 3.57. The lowest BCUT2D eigenvalue weighted by Gasteiger charge is -2.31. The third-order valence-corrected chi connectivity index (χ3v) is 9.04. The van der Waals surface area contributed by atoms with Crippen LogP contribution in [0.25, 0.3) is 44.3 Å². The normalized spacial score (nSPS) is 15.0. The van der Waals surface area contributed by atoms with Crippen molar-refractivity contribution < 1.29 is 37.4 Å². The molecule has 0 spiro atoms. The predicted molar refractivity (Wildman–Crippen MR) is 174 cm³/mol. The maximum absolute atomic E-state index is 8.19. The predicted octanol–water partition coefficient (Wildman–Crippen LogP) is 5.68. The first-order chi connectivity index (χ1) is 21.8. The van der Waals surface area contributed by atoms with Gasteiger partial charge in [-0.1, -0.05) is 71.0 Å². The van der Waals surface area contributed by atoms with Gasteiger partial charge in [-0.05, 0) is 53.4 Å². The van der Waals surface area contributed by atoms with E-state index < -0.39 is 6.98 Å². The second kappa shape index (κ2) is 9.92. The molecule has 0 fully saturated rings. The summed E-state index contributed by atoms with van der Waals surface area (Å²) in [6.07, 6.45) is 3.58. The summed E-state index contributed by atoms with van der Waals surface area (Å²) in [6.45, 7) is 8.70. The highest BCUT2D eigenvalue weighted by Gasteiger charge is 2.38. The molecular weight excluding hydrogens is 655 g/mol. The second-order valence-corrected chi connectivity index (χ2v) is 13.1. The minimum atomic E-state index is -2.31. The number of benzene rings is 4. The summed E-state index contributed by atoms with van der Waals surface area (Å²) in [4.78, 5) is 4.80. The molecule has 0 radical (unpaired) electrons. The molecular formula is C38H35IN4O. The number of hydrogen-bond acceptors (Lipinski definition) is 2. The van der Waals surface area contributed by atoms with Gasteiger partial charge in [-0.3, -0.25) is 4.57 Å². The van der Waals surface area contributed by atoms with Gasteiger partial charge in [0, 0.05) is 45.6 Å². The van der Waals surface area contributed by atoms with E-state index in [1.807, 2.05) is 41.1 Å². The monoisotopic (exact) mass is 693 g/mol. The Morgan fingerprint density at radius 2 is 1.59 bits per heavy atom. The molecule has 0 unspecified atom stereocenters. The molecule has 4 aromatic carbocycles. The maximum Gasteiger partial charge on any atom is 0.249 e. The van der Waals surface area contributed by atoms with E-state index in [-0.39, 0.29) is 34.8 Å². The molecule has 5 nitrogen and oxygen atoms in total. The first-order valence-electron chi connectivity index (χ1n) is 16.2. The molecule has 3 aromatic heterocycles. The third-order valence-electron chi connectivity index (χ3n) is 9.04. The van der Waals surface area contributed by atoms with Crippen LogP contribution in [-0.4, -0.2) is 14.1 Å². The van der Waals surface area contributed by atoms with Crippen LogP contribution in [0.4, 0.5) is 0 Å². The molecule has 1 aliphatic heterocycles. The molecule has 0 saturated carbocycles. The summed E-state index contributed by atoms with van der Waals surface area (Å²) in [7, 11) is 0. The summed E-state index contributed by atoms with van der Waals surface area (Å²) in [5.74, 6) is 2.24. The van der Waals surface area contributed by atoms with E-state index in [0.717, 1.165) is 50.0 Å². The highest BCUT2D eigenvalue weighted by molar-refractivity contribution is 6.09. The van der Waals surface area contributed by atoms with Gasteiger partial charge < -0.3 is 28.7 Å². The average molecular weight is 694 g/mol. The van der Waals surface area contributed by atoms with E-state index in [2.05, 4.69) is 99.8 Å². The number of aryl methyl sites for hydroxylation is 1. The van der Waals surface area contributed by atoms with Crippen LogP contribution in [0.3, 0.4) is 0 Å². The molecule has 0 aliphatic carbocycles. The van der Waals surface area contributed by atoms with Crippen LogP contribution in [0.1, 0.15) is 55.4 Å². The van der Waals surface area contributed by atoms with Gasteiger partial charge in [0.2, 0.25) is 6.33 Å². The number of hydrogen-bond donors (Lipinski definition) is 0. The zero-order valence-electron chi connectivity index (χ0n) is 28.4. The number of nitrogens with zero attached hydrogens (tertiary/aromatic N) is 4. The number of halogens is 1. The summed E-state index contributed by atoms with van der Waals surface area (Å²) in [5.41, 5.74) is 7.67. The van der Waals surface area contributed by atoms with Crippen molar-refractivity contribution >= 4 is 32.8 Å². The Morgan fingerprint density at radius 3 is 2.41 bits per heavy atom. The smallest absolute Gasteiger partial charge is 0.249 e. The van der Waals surface area contributed by atoms with Gasteiger partial charge in [0.15, 0.2) is 11.0 Å². The van der Waals surface area contributed by atoms with Crippen LogP contribution in [0.5, 0.6) is 11.5 Å². The second-order valence-electron chi connectivity index (χ2n) is 13.1. The Bertz CT molecular complexity index is 2360. The van der Waals surface area contributed by atoms with Crippen molar-refractivity contribution in [3.05, 3.63) is 120 Å². The van der Waals surface area contributed by atoms with E-state index in [4.69, 9.17) is 13.8 Å².